The maximum Gasteiger partial charge on any atom is 0.137 e. The van der Waals surface area contributed by atoms with Crippen molar-refractivity contribution in [2.24, 2.45) is 5.92 Å². The second kappa shape index (κ2) is 5.80. The highest BCUT2D eigenvalue weighted by molar-refractivity contribution is 5.17. The van der Waals surface area contributed by atoms with Gasteiger partial charge in [0.05, 0.1) is 12.8 Å². The summed E-state index contributed by atoms with van der Waals surface area (Å²) < 4.78 is 5.81. The number of pyridine rings is 2. The van der Waals surface area contributed by atoms with Crippen LogP contribution < -0.4 is 10.1 Å². The second-order valence-corrected chi connectivity index (χ2v) is 4.78. The number of hydrogen-bond donors (Lipinski definition) is 1. The number of rotatable bonds is 4. The molecule has 1 aliphatic rings. The van der Waals surface area contributed by atoms with Gasteiger partial charge in [0, 0.05) is 43.0 Å². The molecule has 2 aromatic heterocycles. The summed E-state index contributed by atoms with van der Waals surface area (Å²) in [5, 5.41) is 3.42. The molecule has 1 fully saturated rings. The minimum Gasteiger partial charge on any atom is -0.492 e. The van der Waals surface area contributed by atoms with E-state index >= 15 is 0 Å². The van der Waals surface area contributed by atoms with Crippen LogP contribution in [0.3, 0.4) is 0 Å². The number of aromatic nitrogens is 2. The van der Waals surface area contributed by atoms with E-state index in [1.165, 1.54) is 0 Å². The van der Waals surface area contributed by atoms with Gasteiger partial charge >= 0.3 is 0 Å². The fourth-order valence-electron chi connectivity index (χ4n) is 2.49. The average molecular weight is 255 g/mol. The van der Waals surface area contributed by atoms with E-state index in [9.17, 15) is 0 Å². The van der Waals surface area contributed by atoms with Gasteiger partial charge in [-0.2, -0.15) is 0 Å². The van der Waals surface area contributed by atoms with Crippen LogP contribution >= 0.6 is 0 Å². The van der Waals surface area contributed by atoms with Gasteiger partial charge in [-0.05, 0) is 24.3 Å². The quantitative estimate of drug-likeness (QED) is 0.906. The Morgan fingerprint density at radius 3 is 2.95 bits per heavy atom. The molecule has 1 aliphatic heterocycles. The Kier molecular flexibility index (Phi) is 3.70. The van der Waals surface area contributed by atoms with E-state index < -0.39 is 0 Å². The van der Waals surface area contributed by atoms with Gasteiger partial charge in [-0.25, -0.2) is 0 Å². The first kappa shape index (κ1) is 12.1. The molecule has 2 atom stereocenters. The third kappa shape index (κ3) is 2.90. The van der Waals surface area contributed by atoms with Crippen molar-refractivity contribution in [1.29, 1.82) is 0 Å². The van der Waals surface area contributed by atoms with Crippen LogP contribution in [-0.2, 0) is 0 Å². The van der Waals surface area contributed by atoms with E-state index in [1.807, 2.05) is 30.5 Å². The monoisotopic (exact) mass is 255 g/mol. The molecule has 3 heterocycles. The molecule has 1 saturated heterocycles. The largest absolute Gasteiger partial charge is 0.492 e. The van der Waals surface area contributed by atoms with E-state index in [1.54, 1.807) is 12.4 Å². The molecule has 0 aromatic carbocycles. The zero-order valence-corrected chi connectivity index (χ0v) is 10.7. The molecule has 0 amide bonds. The zero-order chi connectivity index (χ0) is 12.9. The van der Waals surface area contributed by atoms with E-state index in [0.29, 0.717) is 18.4 Å². The van der Waals surface area contributed by atoms with E-state index in [4.69, 9.17) is 4.74 Å². The first-order valence-electron chi connectivity index (χ1n) is 6.58. The van der Waals surface area contributed by atoms with Crippen LogP contribution in [0, 0.1) is 5.92 Å². The lowest BCUT2D eigenvalue weighted by molar-refractivity contribution is 0.246. The first-order valence-corrected chi connectivity index (χ1v) is 6.58. The van der Waals surface area contributed by atoms with Gasteiger partial charge in [-0.15, -0.1) is 0 Å². The predicted octanol–water partition coefficient (Wildman–Crippen LogP) is 1.86. The predicted molar refractivity (Wildman–Crippen MR) is 73.1 cm³/mol. The van der Waals surface area contributed by atoms with Crippen molar-refractivity contribution >= 4 is 0 Å². The van der Waals surface area contributed by atoms with Gasteiger partial charge in [-0.3, -0.25) is 9.97 Å². The zero-order valence-electron chi connectivity index (χ0n) is 10.7. The van der Waals surface area contributed by atoms with Crippen LogP contribution in [0.4, 0.5) is 0 Å². The highest BCUT2D eigenvalue weighted by Gasteiger charge is 2.29. The molecule has 3 rings (SSSR count). The third-order valence-electron chi connectivity index (χ3n) is 3.51. The number of nitrogens with zero attached hydrogens (tertiary/aromatic N) is 2. The summed E-state index contributed by atoms with van der Waals surface area (Å²) in [5.74, 6) is 1.71. The van der Waals surface area contributed by atoms with Gasteiger partial charge in [0.2, 0.25) is 0 Å². The van der Waals surface area contributed by atoms with E-state index in [-0.39, 0.29) is 0 Å². The molecule has 0 spiro atoms. The smallest absolute Gasteiger partial charge is 0.137 e. The van der Waals surface area contributed by atoms with Gasteiger partial charge in [0.25, 0.3) is 0 Å². The lowest BCUT2D eigenvalue weighted by atomic mass is 9.93. The molecule has 0 unspecified atom stereocenters. The second-order valence-electron chi connectivity index (χ2n) is 4.78. The summed E-state index contributed by atoms with van der Waals surface area (Å²) in [6.07, 6.45) is 5.35. The van der Waals surface area contributed by atoms with Crippen LogP contribution in [0.1, 0.15) is 11.6 Å². The maximum atomic E-state index is 5.81. The molecule has 1 N–H and O–H groups in total. The van der Waals surface area contributed by atoms with Gasteiger partial charge in [0.1, 0.15) is 5.75 Å². The molecular formula is C15H17N3O. The Morgan fingerprint density at radius 2 is 2.16 bits per heavy atom. The Labute approximate surface area is 112 Å². The van der Waals surface area contributed by atoms with Crippen molar-refractivity contribution in [2.45, 2.75) is 5.92 Å². The Morgan fingerprint density at radius 1 is 1.16 bits per heavy atom. The fourth-order valence-corrected chi connectivity index (χ4v) is 2.49. The number of ether oxygens (including phenoxy) is 1. The summed E-state index contributed by atoms with van der Waals surface area (Å²) in [7, 11) is 0. The third-order valence-corrected chi connectivity index (χ3v) is 3.51. The molecule has 0 saturated carbocycles. The molecule has 98 valence electrons. The normalized spacial score (nSPS) is 22.3. The van der Waals surface area contributed by atoms with Crippen LogP contribution in [0.5, 0.6) is 5.75 Å². The van der Waals surface area contributed by atoms with Gasteiger partial charge in [-0.1, -0.05) is 6.07 Å². The van der Waals surface area contributed by atoms with Crippen molar-refractivity contribution in [3.8, 4) is 5.75 Å². The molecule has 0 bridgehead atoms. The molecular weight excluding hydrogens is 238 g/mol. The van der Waals surface area contributed by atoms with Crippen LogP contribution in [0.15, 0.2) is 48.9 Å². The van der Waals surface area contributed by atoms with Crippen molar-refractivity contribution in [2.75, 3.05) is 19.7 Å². The van der Waals surface area contributed by atoms with Gasteiger partial charge < -0.3 is 10.1 Å². The first-order chi connectivity index (χ1) is 9.43. The van der Waals surface area contributed by atoms with Crippen LogP contribution in [0.25, 0.3) is 0 Å². The summed E-state index contributed by atoms with van der Waals surface area (Å²) in [5.41, 5.74) is 1.15. The van der Waals surface area contributed by atoms with Crippen molar-refractivity contribution in [3.63, 3.8) is 0 Å². The summed E-state index contributed by atoms with van der Waals surface area (Å²) in [6.45, 7) is 2.64. The summed E-state index contributed by atoms with van der Waals surface area (Å²) in [6, 6.07) is 9.91. The highest BCUT2D eigenvalue weighted by Crippen LogP contribution is 2.27. The summed E-state index contributed by atoms with van der Waals surface area (Å²) in [4.78, 5) is 8.51. The topological polar surface area (TPSA) is 47.0 Å². The molecule has 4 heteroatoms. The lowest BCUT2D eigenvalue weighted by Crippen LogP contribution is -2.20. The van der Waals surface area contributed by atoms with E-state index in [0.717, 1.165) is 24.5 Å². The molecule has 4 nitrogen and oxygen atoms in total. The fraction of sp³-hybridized carbons (Fsp3) is 0.333. The van der Waals surface area contributed by atoms with Crippen molar-refractivity contribution in [3.05, 3.63) is 54.6 Å². The minimum absolute atomic E-state index is 0.429. The average Bonchev–Trinajstić information content (AvgIpc) is 2.95. The number of nitrogens with one attached hydrogen (secondary N) is 1. The van der Waals surface area contributed by atoms with Crippen molar-refractivity contribution in [1.82, 2.24) is 15.3 Å². The molecule has 2 aromatic rings. The molecule has 19 heavy (non-hydrogen) atoms. The van der Waals surface area contributed by atoms with E-state index in [2.05, 4.69) is 21.4 Å². The maximum absolute atomic E-state index is 5.81. The number of hydrogen-bond acceptors (Lipinski definition) is 4. The Balaban J connectivity index is 1.64. The Bertz CT molecular complexity index is 503. The SMILES string of the molecule is c1ccc([C@@H]2CNC[C@H]2COc2cccnc2)nc1. The lowest BCUT2D eigenvalue weighted by Gasteiger charge is -2.18. The van der Waals surface area contributed by atoms with Gasteiger partial charge in [0.15, 0.2) is 0 Å². The van der Waals surface area contributed by atoms with Crippen LogP contribution in [0.2, 0.25) is 0 Å². The van der Waals surface area contributed by atoms with Crippen LogP contribution in [-0.4, -0.2) is 29.7 Å². The highest BCUT2D eigenvalue weighted by atomic mass is 16.5. The minimum atomic E-state index is 0.429. The molecule has 0 aliphatic carbocycles. The standard InChI is InChI=1S/C15H17N3O/c1-2-7-18-15(5-1)14-10-17-8-12(14)11-19-13-4-3-6-16-9-13/h1-7,9,12,14,17H,8,10-11H2/t12-,14+/m0/s1. The molecule has 0 radical (unpaired) electrons. The summed E-state index contributed by atoms with van der Waals surface area (Å²) >= 11 is 0. The van der Waals surface area contributed by atoms with Crippen molar-refractivity contribution < 1.29 is 4.74 Å². The Hall–Kier alpha value is -1.94.